The van der Waals surface area contributed by atoms with Gasteiger partial charge in [0.25, 0.3) is 0 Å². The van der Waals surface area contributed by atoms with E-state index in [0.29, 0.717) is 25.3 Å². The zero-order valence-electron chi connectivity index (χ0n) is 12.7. The zero-order chi connectivity index (χ0) is 15.4. The molecular formula is C16H21FN2O2. The Morgan fingerprint density at radius 1 is 1.43 bits per heavy atom. The molecule has 0 fully saturated rings. The molecule has 0 saturated heterocycles. The number of hydrogen-bond donors (Lipinski definition) is 0. The number of benzene rings is 1. The molecule has 21 heavy (non-hydrogen) atoms. The first kappa shape index (κ1) is 15.5. The molecule has 0 unspecified atom stereocenters. The largest absolute Gasteiger partial charge is 0.390 e. The second-order valence-electron chi connectivity index (χ2n) is 5.85. The highest BCUT2D eigenvalue weighted by Crippen LogP contribution is 2.18. The number of carbonyl (C=O) groups is 1. The molecule has 5 heteroatoms. The molecule has 0 aliphatic carbocycles. The summed E-state index contributed by atoms with van der Waals surface area (Å²) in [4.78, 5) is 19.0. The van der Waals surface area contributed by atoms with Crippen molar-refractivity contribution < 1.29 is 14.0 Å². The monoisotopic (exact) mass is 292 g/mol. The molecule has 0 saturated carbocycles. The van der Waals surface area contributed by atoms with Crippen molar-refractivity contribution in [3.63, 3.8) is 0 Å². The normalized spacial score (nSPS) is 17.6. The summed E-state index contributed by atoms with van der Waals surface area (Å²) >= 11 is 0. The number of hydrogen-bond acceptors (Lipinski definition) is 3. The number of likely N-dealkylation sites (N-methyl/N-ethyl adjacent to an activating group) is 1. The summed E-state index contributed by atoms with van der Waals surface area (Å²) in [7, 11) is 1.78. The molecule has 1 atom stereocenters. The Balaban J connectivity index is 1.87. The van der Waals surface area contributed by atoms with Crippen LogP contribution in [0.2, 0.25) is 0 Å². The fraction of sp³-hybridized carbons (Fsp3) is 0.500. The molecule has 0 spiro atoms. The molecule has 1 aliphatic heterocycles. The molecule has 1 amide bonds. The maximum atomic E-state index is 12.9. The van der Waals surface area contributed by atoms with Crippen molar-refractivity contribution in [2.45, 2.75) is 32.8 Å². The molecule has 1 aliphatic rings. The lowest BCUT2D eigenvalue weighted by atomic mass is 10.0. The number of rotatable bonds is 5. The molecule has 0 bridgehead atoms. The van der Waals surface area contributed by atoms with E-state index < -0.39 is 0 Å². The smallest absolute Gasteiger partial charge is 0.222 e. The molecule has 0 aromatic heterocycles. The third-order valence-electron chi connectivity index (χ3n) is 3.40. The Labute approximate surface area is 124 Å². The van der Waals surface area contributed by atoms with Crippen molar-refractivity contribution in [2.75, 3.05) is 13.6 Å². The maximum absolute atomic E-state index is 12.9. The van der Waals surface area contributed by atoms with Crippen LogP contribution in [0, 0.1) is 11.7 Å². The van der Waals surface area contributed by atoms with E-state index >= 15 is 0 Å². The molecule has 1 aromatic rings. The van der Waals surface area contributed by atoms with Crippen LogP contribution >= 0.6 is 0 Å². The van der Waals surface area contributed by atoms with Crippen LogP contribution in [0.1, 0.15) is 32.3 Å². The van der Waals surface area contributed by atoms with Crippen molar-refractivity contribution in [1.82, 2.24) is 4.90 Å². The van der Waals surface area contributed by atoms with Crippen LogP contribution in [0.4, 0.5) is 4.39 Å². The fourth-order valence-electron chi connectivity index (χ4n) is 2.25. The quantitative estimate of drug-likeness (QED) is 0.837. The molecule has 1 heterocycles. The van der Waals surface area contributed by atoms with E-state index in [9.17, 15) is 9.18 Å². The summed E-state index contributed by atoms with van der Waals surface area (Å²) in [6.45, 7) is 4.56. The van der Waals surface area contributed by atoms with Gasteiger partial charge < -0.3 is 9.74 Å². The Morgan fingerprint density at radius 2 is 2.10 bits per heavy atom. The molecule has 2 rings (SSSR count). The van der Waals surface area contributed by atoms with Gasteiger partial charge in [-0.25, -0.2) is 4.39 Å². The summed E-state index contributed by atoms with van der Waals surface area (Å²) < 4.78 is 12.9. The van der Waals surface area contributed by atoms with Crippen molar-refractivity contribution in [1.29, 1.82) is 0 Å². The average Bonchev–Trinajstić information content (AvgIpc) is 2.87. The summed E-state index contributed by atoms with van der Waals surface area (Å²) in [5.41, 5.74) is 1.65. The van der Waals surface area contributed by atoms with Gasteiger partial charge in [0, 0.05) is 19.9 Å². The lowest BCUT2D eigenvalue weighted by Crippen LogP contribution is -2.35. The van der Waals surface area contributed by atoms with E-state index in [-0.39, 0.29) is 17.8 Å². The highest BCUT2D eigenvalue weighted by atomic mass is 19.1. The summed E-state index contributed by atoms with van der Waals surface area (Å²) in [6.07, 6.45) is 1.03. The van der Waals surface area contributed by atoms with Crippen LogP contribution in [0.5, 0.6) is 0 Å². The van der Waals surface area contributed by atoms with E-state index in [4.69, 9.17) is 4.84 Å². The fourth-order valence-corrected chi connectivity index (χ4v) is 2.25. The Kier molecular flexibility index (Phi) is 4.94. The van der Waals surface area contributed by atoms with Crippen LogP contribution in [0.3, 0.4) is 0 Å². The molecule has 114 valence electrons. The summed E-state index contributed by atoms with van der Waals surface area (Å²) in [6, 6.07) is 6.19. The van der Waals surface area contributed by atoms with Crippen molar-refractivity contribution >= 4 is 11.6 Å². The van der Waals surface area contributed by atoms with Gasteiger partial charge in [0.05, 0.1) is 12.3 Å². The number of oxime groups is 1. The van der Waals surface area contributed by atoms with Crippen molar-refractivity contribution in [3.8, 4) is 0 Å². The van der Waals surface area contributed by atoms with Crippen molar-refractivity contribution in [3.05, 3.63) is 35.6 Å². The van der Waals surface area contributed by atoms with Crippen LogP contribution in [-0.4, -0.2) is 36.2 Å². The molecule has 0 radical (unpaired) electrons. The first-order valence-corrected chi connectivity index (χ1v) is 7.18. The van der Waals surface area contributed by atoms with Gasteiger partial charge in [-0.2, -0.15) is 0 Å². The van der Waals surface area contributed by atoms with Gasteiger partial charge in [-0.05, 0) is 23.6 Å². The van der Waals surface area contributed by atoms with Gasteiger partial charge in [-0.3, -0.25) is 4.79 Å². The zero-order valence-corrected chi connectivity index (χ0v) is 12.7. The van der Waals surface area contributed by atoms with Crippen LogP contribution in [0.25, 0.3) is 0 Å². The molecule has 4 nitrogen and oxygen atoms in total. The second kappa shape index (κ2) is 6.70. The molecular weight excluding hydrogens is 271 g/mol. The maximum Gasteiger partial charge on any atom is 0.222 e. The Bertz CT molecular complexity index is 526. The van der Waals surface area contributed by atoms with Gasteiger partial charge in [0.1, 0.15) is 5.82 Å². The molecule has 0 N–H and O–H groups in total. The van der Waals surface area contributed by atoms with Gasteiger partial charge in [0.15, 0.2) is 6.10 Å². The van der Waals surface area contributed by atoms with Gasteiger partial charge in [-0.1, -0.05) is 31.1 Å². The van der Waals surface area contributed by atoms with Gasteiger partial charge in [0.2, 0.25) is 5.91 Å². The SMILES string of the molecule is CC(C)CC(=O)N(C)C[C@H]1CC(c2ccc(F)cc2)=NO1. The van der Waals surface area contributed by atoms with Gasteiger partial charge in [-0.15, -0.1) is 0 Å². The van der Waals surface area contributed by atoms with Crippen LogP contribution in [0.15, 0.2) is 29.4 Å². The number of halogens is 1. The van der Waals surface area contributed by atoms with E-state index in [2.05, 4.69) is 5.16 Å². The average molecular weight is 292 g/mol. The minimum absolute atomic E-state index is 0.115. The number of carbonyl (C=O) groups excluding carboxylic acids is 1. The predicted octanol–water partition coefficient (Wildman–Crippen LogP) is 2.82. The first-order chi connectivity index (χ1) is 9.95. The Morgan fingerprint density at radius 3 is 2.71 bits per heavy atom. The van der Waals surface area contributed by atoms with E-state index in [1.165, 1.54) is 12.1 Å². The van der Waals surface area contributed by atoms with E-state index in [0.717, 1.165) is 11.3 Å². The van der Waals surface area contributed by atoms with Gasteiger partial charge >= 0.3 is 0 Å². The lowest BCUT2D eigenvalue weighted by molar-refractivity contribution is -0.132. The minimum Gasteiger partial charge on any atom is -0.390 e. The lowest BCUT2D eigenvalue weighted by Gasteiger charge is -2.20. The number of nitrogens with zero attached hydrogens (tertiary/aromatic N) is 2. The van der Waals surface area contributed by atoms with Crippen LogP contribution < -0.4 is 0 Å². The third-order valence-corrected chi connectivity index (χ3v) is 3.40. The van der Waals surface area contributed by atoms with Crippen LogP contribution in [-0.2, 0) is 9.63 Å². The third kappa shape index (κ3) is 4.28. The Hall–Kier alpha value is -1.91. The summed E-state index contributed by atoms with van der Waals surface area (Å²) in [5, 5.41) is 4.05. The van der Waals surface area contributed by atoms with E-state index in [1.807, 2.05) is 13.8 Å². The van der Waals surface area contributed by atoms with E-state index in [1.54, 1.807) is 24.1 Å². The highest BCUT2D eigenvalue weighted by Gasteiger charge is 2.25. The molecule has 1 aromatic carbocycles. The first-order valence-electron chi connectivity index (χ1n) is 7.18. The van der Waals surface area contributed by atoms with Crippen molar-refractivity contribution in [2.24, 2.45) is 11.1 Å². The standard InChI is InChI=1S/C16H21FN2O2/c1-11(2)8-16(20)19(3)10-14-9-15(18-21-14)12-4-6-13(17)7-5-12/h4-7,11,14H,8-10H2,1-3H3/t14-/m1/s1. The summed E-state index contributed by atoms with van der Waals surface area (Å²) in [5.74, 6) is 0.188. The topological polar surface area (TPSA) is 41.9 Å². The minimum atomic E-state index is -0.270. The predicted molar refractivity (Wildman–Crippen MR) is 79.5 cm³/mol. The highest BCUT2D eigenvalue weighted by molar-refractivity contribution is 6.01. The number of amides is 1. The second-order valence-corrected chi connectivity index (χ2v) is 5.85.